The van der Waals surface area contributed by atoms with Gasteiger partial charge >= 0.3 is 13.1 Å². The normalized spacial score (nSPS) is 28.1. The third kappa shape index (κ3) is 2.92. The Morgan fingerprint density at radius 1 is 1.40 bits per heavy atom. The zero-order chi connectivity index (χ0) is 15.0. The van der Waals surface area contributed by atoms with E-state index in [2.05, 4.69) is 5.32 Å². The van der Waals surface area contributed by atoms with E-state index >= 15 is 0 Å². The van der Waals surface area contributed by atoms with E-state index in [0.717, 1.165) is 5.47 Å². The van der Waals surface area contributed by atoms with Crippen LogP contribution in [0.3, 0.4) is 0 Å². The Bertz CT molecular complexity index is 403. The van der Waals surface area contributed by atoms with Gasteiger partial charge in [0.1, 0.15) is 6.04 Å². The summed E-state index contributed by atoms with van der Waals surface area (Å²) in [6.45, 7) is 10.9. The number of rotatable bonds is 3. The van der Waals surface area contributed by atoms with Crippen LogP contribution in [0, 0.1) is 0 Å². The number of carbonyl (C=O) groups is 1. The molecule has 112 valence electrons. The van der Waals surface area contributed by atoms with Crippen LogP contribution in [-0.2, 0) is 18.8 Å². The first-order valence-corrected chi connectivity index (χ1v) is 7.21. The third-order valence-corrected chi connectivity index (χ3v) is 4.30. The fourth-order valence-electron chi connectivity index (χ4n) is 2.26. The van der Waals surface area contributed by atoms with Crippen molar-refractivity contribution in [3.63, 3.8) is 0 Å². The van der Waals surface area contributed by atoms with Crippen molar-refractivity contribution >= 4 is 13.1 Å². The van der Waals surface area contributed by atoms with Crippen LogP contribution in [0.15, 0.2) is 11.5 Å². The molecule has 0 aromatic carbocycles. The Balaban J connectivity index is 1.98. The van der Waals surface area contributed by atoms with Gasteiger partial charge in [-0.2, -0.15) is 0 Å². The number of ether oxygens (including phenoxy) is 1. The number of hydrogen-bond donors (Lipinski definition) is 1. The Morgan fingerprint density at radius 2 is 2.00 bits per heavy atom. The number of nitrogens with one attached hydrogen (secondary N) is 1. The summed E-state index contributed by atoms with van der Waals surface area (Å²) < 4.78 is 17.0. The standard InChI is InChI=1S/C14H24BNO4/c1-6-18-12(17)11-8-7-10(9-16-11)15-19-13(2,3)14(4,5)20-15/h7,11,16H,6,8-9H2,1-5H3. The molecule has 1 saturated heterocycles. The molecule has 2 rings (SSSR count). The van der Waals surface area contributed by atoms with Gasteiger partial charge in [0.15, 0.2) is 0 Å². The molecule has 1 unspecified atom stereocenters. The molecule has 0 spiro atoms. The number of esters is 1. The molecule has 0 amide bonds. The highest BCUT2D eigenvalue weighted by atomic mass is 16.7. The largest absolute Gasteiger partial charge is 0.491 e. The molecule has 0 aliphatic carbocycles. The van der Waals surface area contributed by atoms with Crippen LogP contribution in [0.4, 0.5) is 0 Å². The lowest BCUT2D eigenvalue weighted by Gasteiger charge is -2.32. The molecular weight excluding hydrogens is 257 g/mol. The van der Waals surface area contributed by atoms with E-state index in [1.54, 1.807) is 0 Å². The molecule has 1 N–H and O–H groups in total. The maximum atomic E-state index is 11.7. The maximum absolute atomic E-state index is 11.7. The molecule has 0 radical (unpaired) electrons. The van der Waals surface area contributed by atoms with Crippen LogP contribution in [0.1, 0.15) is 41.0 Å². The summed E-state index contributed by atoms with van der Waals surface area (Å²) in [6, 6.07) is -0.263. The zero-order valence-electron chi connectivity index (χ0n) is 13.0. The van der Waals surface area contributed by atoms with Crippen molar-refractivity contribution in [2.24, 2.45) is 0 Å². The highest BCUT2D eigenvalue weighted by molar-refractivity contribution is 6.54. The molecule has 0 saturated carbocycles. The van der Waals surface area contributed by atoms with Crippen LogP contribution in [0.5, 0.6) is 0 Å². The minimum atomic E-state index is -0.337. The SMILES string of the molecule is CCOC(=O)C1CC=C(B2OC(C)(C)C(C)(C)O2)CN1. The minimum Gasteiger partial charge on any atom is -0.465 e. The van der Waals surface area contributed by atoms with E-state index in [1.807, 2.05) is 40.7 Å². The van der Waals surface area contributed by atoms with E-state index in [-0.39, 0.29) is 30.3 Å². The lowest BCUT2D eigenvalue weighted by Crippen LogP contribution is -2.44. The molecule has 20 heavy (non-hydrogen) atoms. The second-order valence-corrected chi connectivity index (χ2v) is 6.29. The highest BCUT2D eigenvalue weighted by Gasteiger charge is 2.52. The fourth-order valence-corrected chi connectivity index (χ4v) is 2.26. The summed E-state index contributed by atoms with van der Waals surface area (Å²) in [6.07, 6.45) is 2.64. The average molecular weight is 281 g/mol. The number of hydrogen-bond acceptors (Lipinski definition) is 5. The third-order valence-electron chi connectivity index (χ3n) is 4.30. The topological polar surface area (TPSA) is 56.8 Å². The summed E-state index contributed by atoms with van der Waals surface area (Å²) >= 11 is 0. The van der Waals surface area contributed by atoms with Crippen molar-refractivity contribution < 1.29 is 18.8 Å². The molecular formula is C14H24BNO4. The molecule has 1 fully saturated rings. The van der Waals surface area contributed by atoms with E-state index in [9.17, 15) is 4.79 Å². The van der Waals surface area contributed by atoms with Gasteiger partial charge in [-0.05, 0) is 46.5 Å². The van der Waals surface area contributed by atoms with Crippen molar-refractivity contribution in [1.29, 1.82) is 0 Å². The van der Waals surface area contributed by atoms with Gasteiger partial charge in [0, 0.05) is 6.54 Å². The number of carbonyl (C=O) groups excluding carboxylic acids is 1. The van der Waals surface area contributed by atoms with Gasteiger partial charge in [-0.1, -0.05) is 6.08 Å². The van der Waals surface area contributed by atoms with Crippen molar-refractivity contribution in [1.82, 2.24) is 5.32 Å². The second kappa shape index (κ2) is 5.50. The summed E-state index contributed by atoms with van der Waals surface area (Å²) in [7, 11) is -0.337. The van der Waals surface area contributed by atoms with Crippen LogP contribution < -0.4 is 5.32 Å². The van der Waals surface area contributed by atoms with Crippen molar-refractivity contribution in [3.8, 4) is 0 Å². The van der Waals surface area contributed by atoms with Gasteiger partial charge in [-0.3, -0.25) is 4.79 Å². The molecule has 0 aromatic rings. The predicted molar refractivity (Wildman–Crippen MR) is 77.2 cm³/mol. The lowest BCUT2D eigenvalue weighted by molar-refractivity contribution is -0.145. The first kappa shape index (κ1) is 15.5. The van der Waals surface area contributed by atoms with Crippen LogP contribution >= 0.6 is 0 Å². The summed E-state index contributed by atoms with van der Waals surface area (Å²) in [5.41, 5.74) is 0.372. The Hall–Kier alpha value is -0.845. The zero-order valence-corrected chi connectivity index (χ0v) is 13.0. The van der Waals surface area contributed by atoms with Crippen molar-refractivity contribution in [3.05, 3.63) is 11.5 Å². The van der Waals surface area contributed by atoms with E-state index in [4.69, 9.17) is 14.0 Å². The second-order valence-electron chi connectivity index (χ2n) is 6.29. The molecule has 2 aliphatic heterocycles. The molecule has 0 aromatic heterocycles. The lowest BCUT2D eigenvalue weighted by atomic mass is 9.75. The van der Waals surface area contributed by atoms with Crippen LogP contribution in [-0.4, -0.2) is 43.5 Å². The quantitative estimate of drug-likeness (QED) is 0.627. The summed E-state index contributed by atoms with van der Waals surface area (Å²) in [4.78, 5) is 11.7. The Morgan fingerprint density at radius 3 is 2.45 bits per heavy atom. The van der Waals surface area contributed by atoms with E-state index < -0.39 is 0 Å². The average Bonchev–Trinajstić information content (AvgIpc) is 2.59. The first-order chi connectivity index (χ1) is 9.27. The van der Waals surface area contributed by atoms with Gasteiger partial charge < -0.3 is 19.4 Å². The van der Waals surface area contributed by atoms with Crippen LogP contribution in [0.2, 0.25) is 0 Å². The van der Waals surface area contributed by atoms with Gasteiger partial charge in [0.25, 0.3) is 0 Å². The Labute approximate surface area is 121 Å². The van der Waals surface area contributed by atoms with Gasteiger partial charge in [0.2, 0.25) is 0 Å². The molecule has 2 heterocycles. The summed E-state index contributed by atoms with van der Waals surface area (Å²) in [5, 5.41) is 3.18. The molecule has 6 heteroatoms. The van der Waals surface area contributed by atoms with Crippen molar-refractivity contribution in [2.75, 3.05) is 13.2 Å². The van der Waals surface area contributed by atoms with E-state index in [0.29, 0.717) is 19.6 Å². The molecule has 5 nitrogen and oxygen atoms in total. The fraction of sp³-hybridized carbons (Fsp3) is 0.786. The van der Waals surface area contributed by atoms with Crippen LogP contribution in [0.25, 0.3) is 0 Å². The van der Waals surface area contributed by atoms with Gasteiger partial charge in [-0.15, -0.1) is 0 Å². The maximum Gasteiger partial charge on any atom is 0.491 e. The van der Waals surface area contributed by atoms with Gasteiger partial charge in [0.05, 0.1) is 17.8 Å². The molecule has 0 bridgehead atoms. The van der Waals surface area contributed by atoms with Gasteiger partial charge in [-0.25, -0.2) is 0 Å². The minimum absolute atomic E-state index is 0.197. The summed E-state index contributed by atoms with van der Waals surface area (Å²) in [5.74, 6) is -0.197. The Kier molecular flexibility index (Phi) is 4.28. The molecule has 2 aliphatic rings. The monoisotopic (exact) mass is 281 g/mol. The van der Waals surface area contributed by atoms with Crippen molar-refractivity contribution in [2.45, 2.75) is 58.3 Å². The van der Waals surface area contributed by atoms with E-state index in [1.165, 1.54) is 0 Å². The predicted octanol–water partition coefficient (Wildman–Crippen LogP) is 1.47. The molecule has 1 atom stereocenters. The highest BCUT2D eigenvalue weighted by Crippen LogP contribution is 2.38. The smallest absolute Gasteiger partial charge is 0.465 e. The first-order valence-electron chi connectivity index (χ1n) is 7.21.